The van der Waals surface area contributed by atoms with Crippen LogP contribution in [0.1, 0.15) is 31.4 Å². The zero-order valence-corrected chi connectivity index (χ0v) is 10.8. The van der Waals surface area contributed by atoms with Crippen LogP contribution >= 0.6 is 0 Å². The highest BCUT2D eigenvalue weighted by molar-refractivity contribution is 5.81. The molecule has 3 N–H and O–H groups in total. The highest BCUT2D eigenvalue weighted by atomic mass is 16.5. The number of hydrogen-bond donors (Lipinski definition) is 2. The summed E-state index contributed by atoms with van der Waals surface area (Å²) in [6, 6.07) is 7.46. The largest absolute Gasteiger partial charge is 0.497 e. The Labute approximate surface area is 108 Å². The first kappa shape index (κ1) is 12.9. The maximum atomic E-state index is 11.7. The van der Waals surface area contributed by atoms with Crippen LogP contribution in [0.3, 0.4) is 0 Å². The molecule has 2 rings (SSSR count). The Morgan fingerprint density at radius 2 is 2.00 bits per heavy atom. The van der Waals surface area contributed by atoms with Crippen molar-refractivity contribution < 1.29 is 9.53 Å². The highest BCUT2D eigenvalue weighted by Crippen LogP contribution is 2.41. The molecule has 1 amide bonds. The minimum atomic E-state index is -0.468. The zero-order chi connectivity index (χ0) is 13.1. The topological polar surface area (TPSA) is 64.3 Å². The molecule has 1 aliphatic carbocycles. The number of carbonyl (C=O) groups is 1. The Morgan fingerprint density at radius 3 is 2.44 bits per heavy atom. The van der Waals surface area contributed by atoms with Crippen LogP contribution in [-0.4, -0.2) is 19.1 Å². The number of nitrogens with one attached hydrogen (secondary N) is 1. The lowest BCUT2D eigenvalue weighted by molar-refractivity contribution is -0.122. The van der Waals surface area contributed by atoms with Crippen LogP contribution in [-0.2, 0) is 4.79 Å². The molecular formula is C14H20N2O2. The fourth-order valence-electron chi connectivity index (χ4n) is 2.00. The average Bonchev–Trinajstić information content (AvgIpc) is 3.20. The molecule has 0 aromatic heterocycles. The molecule has 18 heavy (non-hydrogen) atoms. The Bertz CT molecular complexity index is 410. The summed E-state index contributed by atoms with van der Waals surface area (Å²) >= 11 is 0. The van der Waals surface area contributed by atoms with Gasteiger partial charge in [0, 0.05) is 0 Å². The van der Waals surface area contributed by atoms with E-state index in [1.807, 2.05) is 24.3 Å². The fraction of sp³-hybridized carbons (Fsp3) is 0.500. The van der Waals surface area contributed by atoms with Gasteiger partial charge in [-0.15, -0.1) is 0 Å². The van der Waals surface area contributed by atoms with Gasteiger partial charge in [-0.2, -0.15) is 0 Å². The van der Waals surface area contributed by atoms with E-state index in [4.69, 9.17) is 10.5 Å². The molecule has 0 heterocycles. The summed E-state index contributed by atoms with van der Waals surface area (Å²) in [5.41, 5.74) is 6.71. The van der Waals surface area contributed by atoms with Crippen molar-refractivity contribution in [1.82, 2.24) is 5.32 Å². The molecule has 1 aromatic carbocycles. The molecular weight excluding hydrogens is 228 g/mol. The predicted molar refractivity (Wildman–Crippen MR) is 70.3 cm³/mol. The number of hydrogen-bond acceptors (Lipinski definition) is 3. The lowest BCUT2D eigenvalue weighted by Gasteiger charge is -2.20. The second kappa shape index (κ2) is 5.40. The molecule has 0 saturated heterocycles. The van der Waals surface area contributed by atoms with E-state index >= 15 is 0 Å². The van der Waals surface area contributed by atoms with E-state index in [1.54, 1.807) is 14.0 Å². The predicted octanol–water partition coefficient (Wildman–Crippen LogP) is 1.61. The third-order valence-corrected chi connectivity index (χ3v) is 3.28. The summed E-state index contributed by atoms with van der Waals surface area (Å²) < 4.78 is 5.14. The number of methoxy groups -OCH3 is 1. The van der Waals surface area contributed by atoms with Gasteiger partial charge in [0.1, 0.15) is 5.75 Å². The summed E-state index contributed by atoms with van der Waals surface area (Å²) in [6.07, 6.45) is 2.33. The van der Waals surface area contributed by atoms with Crippen LogP contribution in [0.5, 0.6) is 5.75 Å². The lowest BCUT2D eigenvalue weighted by Crippen LogP contribution is -2.40. The molecule has 0 bridgehead atoms. The van der Waals surface area contributed by atoms with Crippen molar-refractivity contribution in [3.05, 3.63) is 29.8 Å². The maximum absolute atomic E-state index is 11.7. The van der Waals surface area contributed by atoms with Gasteiger partial charge >= 0.3 is 0 Å². The SMILES string of the molecule is COc1ccc(C(NC(=O)C(C)N)C2CC2)cc1. The summed E-state index contributed by atoms with van der Waals surface area (Å²) in [5, 5.41) is 3.03. The number of carbonyl (C=O) groups excluding carboxylic acids is 1. The van der Waals surface area contributed by atoms with E-state index in [-0.39, 0.29) is 11.9 Å². The van der Waals surface area contributed by atoms with Crippen LogP contribution in [0.25, 0.3) is 0 Å². The van der Waals surface area contributed by atoms with Gasteiger partial charge in [0.25, 0.3) is 0 Å². The van der Waals surface area contributed by atoms with Crippen LogP contribution in [0.2, 0.25) is 0 Å². The average molecular weight is 248 g/mol. The Kier molecular flexibility index (Phi) is 3.87. The van der Waals surface area contributed by atoms with Crippen molar-refractivity contribution in [2.75, 3.05) is 7.11 Å². The molecule has 4 heteroatoms. The van der Waals surface area contributed by atoms with E-state index in [2.05, 4.69) is 5.32 Å². The summed E-state index contributed by atoms with van der Waals surface area (Å²) in [6.45, 7) is 1.70. The maximum Gasteiger partial charge on any atom is 0.237 e. The van der Waals surface area contributed by atoms with Gasteiger partial charge in [-0.3, -0.25) is 4.79 Å². The second-order valence-corrected chi connectivity index (χ2v) is 4.89. The van der Waals surface area contributed by atoms with Crippen molar-refractivity contribution in [3.63, 3.8) is 0 Å². The minimum absolute atomic E-state index is 0.0782. The monoisotopic (exact) mass is 248 g/mol. The molecule has 98 valence electrons. The van der Waals surface area contributed by atoms with E-state index in [0.29, 0.717) is 5.92 Å². The van der Waals surface area contributed by atoms with E-state index in [9.17, 15) is 4.79 Å². The molecule has 0 radical (unpaired) electrons. The molecule has 1 saturated carbocycles. The van der Waals surface area contributed by atoms with E-state index in [1.165, 1.54) is 0 Å². The minimum Gasteiger partial charge on any atom is -0.497 e. The zero-order valence-electron chi connectivity index (χ0n) is 10.8. The third kappa shape index (κ3) is 3.01. The van der Waals surface area contributed by atoms with Crippen LogP contribution in [0.15, 0.2) is 24.3 Å². The Morgan fingerprint density at radius 1 is 1.39 bits per heavy atom. The van der Waals surface area contributed by atoms with Gasteiger partial charge in [-0.05, 0) is 43.4 Å². The Balaban J connectivity index is 2.11. The van der Waals surface area contributed by atoms with Crippen LogP contribution in [0.4, 0.5) is 0 Å². The van der Waals surface area contributed by atoms with Crippen molar-refractivity contribution >= 4 is 5.91 Å². The summed E-state index contributed by atoms with van der Waals surface area (Å²) in [7, 11) is 1.64. The van der Waals surface area contributed by atoms with Gasteiger partial charge in [-0.1, -0.05) is 12.1 Å². The van der Waals surface area contributed by atoms with Gasteiger partial charge in [-0.25, -0.2) is 0 Å². The smallest absolute Gasteiger partial charge is 0.237 e. The first-order valence-corrected chi connectivity index (χ1v) is 6.31. The third-order valence-electron chi connectivity index (χ3n) is 3.28. The molecule has 0 spiro atoms. The molecule has 1 aromatic rings. The van der Waals surface area contributed by atoms with Gasteiger partial charge < -0.3 is 15.8 Å². The highest BCUT2D eigenvalue weighted by Gasteiger charge is 2.33. The molecule has 1 aliphatic rings. The number of amides is 1. The normalized spacial score (nSPS) is 17.9. The lowest BCUT2D eigenvalue weighted by atomic mass is 10.0. The fourth-order valence-corrected chi connectivity index (χ4v) is 2.00. The summed E-state index contributed by atoms with van der Waals surface area (Å²) in [5.74, 6) is 1.27. The number of nitrogens with two attached hydrogens (primary N) is 1. The van der Waals surface area contributed by atoms with Crippen molar-refractivity contribution in [2.45, 2.75) is 31.8 Å². The Hall–Kier alpha value is -1.55. The van der Waals surface area contributed by atoms with Crippen molar-refractivity contribution in [3.8, 4) is 5.75 Å². The van der Waals surface area contributed by atoms with Crippen molar-refractivity contribution in [2.24, 2.45) is 11.7 Å². The molecule has 2 atom stereocenters. The summed E-state index contributed by atoms with van der Waals surface area (Å²) in [4.78, 5) is 11.7. The van der Waals surface area contributed by atoms with Crippen LogP contribution in [0, 0.1) is 5.92 Å². The first-order valence-electron chi connectivity index (χ1n) is 6.31. The molecule has 1 fully saturated rings. The molecule has 4 nitrogen and oxygen atoms in total. The number of ether oxygens (including phenoxy) is 1. The van der Waals surface area contributed by atoms with E-state index < -0.39 is 6.04 Å². The van der Waals surface area contributed by atoms with Crippen LogP contribution < -0.4 is 15.8 Å². The van der Waals surface area contributed by atoms with Gasteiger partial charge in [0.15, 0.2) is 0 Å². The van der Waals surface area contributed by atoms with E-state index in [0.717, 1.165) is 24.2 Å². The number of rotatable bonds is 5. The van der Waals surface area contributed by atoms with Crippen molar-refractivity contribution in [1.29, 1.82) is 0 Å². The van der Waals surface area contributed by atoms with Gasteiger partial charge in [0.2, 0.25) is 5.91 Å². The standard InChI is InChI=1S/C14H20N2O2/c1-9(15)14(17)16-13(10-3-4-10)11-5-7-12(18-2)8-6-11/h5-10,13H,3-4,15H2,1-2H3,(H,16,17). The number of benzene rings is 1. The van der Waals surface area contributed by atoms with Gasteiger partial charge in [0.05, 0.1) is 19.2 Å². The molecule has 0 aliphatic heterocycles. The quantitative estimate of drug-likeness (QED) is 0.832. The molecule has 2 unspecified atom stereocenters. The first-order chi connectivity index (χ1) is 8.61. The second-order valence-electron chi connectivity index (χ2n) is 4.89.